The van der Waals surface area contributed by atoms with Crippen molar-refractivity contribution in [2.45, 2.75) is 0 Å². The zero-order valence-corrected chi connectivity index (χ0v) is 9.05. The van der Waals surface area contributed by atoms with Crippen molar-refractivity contribution in [2.24, 2.45) is 5.84 Å². The van der Waals surface area contributed by atoms with E-state index in [2.05, 4.69) is 10.4 Å². The lowest BCUT2D eigenvalue weighted by molar-refractivity contribution is 0.620. The number of oxazole rings is 1. The number of rotatable bonds is 2. The Morgan fingerprint density at radius 2 is 1.76 bits per heavy atom. The minimum absolute atomic E-state index is 0.620. The first kappa shape index (κ1) is 9.86. The molecule has 0 aliphatic carbocycles. The number of aromatic nitrogens is 1. The van der Waals surface area contributed by atoms with Gasteiger partial charge in [-0.2, -0.15) is 0 Å². The molecule has 0 aliphatic heterocycles. The lowest BCUT2D eigenvalue weighted by Gasteiger charge is -1.99. The van der Waals surface area contributed by atoms with Crippen LogP contribution >= 0.6 is 0 Å². The Balaban J connectivity index is 2.07. The number of anilines is 1. The van der Waals surface area contributed by atoms with Crippen molar-refractivity contribution in [1.29, 1.82) is 0 Å². The highest BCUT2D eigenvalue weighted by atomic mass is 16.3. The normalized spacial score (nSPS) is 10.6. The molecule has 3 rings (SSSR count). The van der Waals surface area contributed by atoms with E-state index in [1.165, 1.54) is 0 Å². The number of hydrogen-bond donors (Lipinski definition) is 2. The fourth-order valence-corrected chi connectivity index (χ4v) is 1.70. The third-order valence-electron chi connectivity index (χ3n) is 2.59. The van der Waals surface area contributed by atoms with Gasteiger partial charge in [-0.15, -0.1) is 0 Å². The van der Waals surface area contributed by atoms with Gasteiger partial charge in [-0.25, -0.2) is 4.98 Å². The zero-order valence-electron chi connectivity index (χ0n) is 9.05. The third-order valence-corrected chi connectivity index (χ3v) is 2.59. The van der Waals surface area contributed by atoms with E-state index in [9.17, 15) is 0 Å². The van der Waals surface area contributed by atoms with Gasteiger partial charge in [0.25, 0.3) is 0 Å². The fourth-order valence-electron chi connectivity index (χ4n) is 1.70. The molecule has 1 heterocycles. The second-order valence-electron chi connectivity index (χ2n) is 3.71. The van der Waals surface area contributed by atoms with Crippen LogP contribution in [0.25, 0.3) is 22.6 Å². The molecule has 17 heavy (non-hydrogen) atoms. The van der Waals surface area contributed by atoms with E-state index in [0.717, 1.165) is 22.4 Å². The van der Waals surface area contributed by atoms with Crippen LogP contribution in [0.1, 0.15) is 0 Å². The number of hydrogen-bond acceptors (Lipinski definition) is 4. The molecule has 0 bridgehead atoms. The number of fused-ring (bicyclic) bond motifs is 1. The van der Waals surface area contributed by atoms with Gasteiger partial charge in [-0.3, -0.25) is 5.84 Å². The highest BCUT2D eigenvalue weighted by molar-refractivity contribution is 5.76. The van der Waals surface area contributed by atoms with E-state index in [1.54, 1.807) is 0 Å². The fraction of sp³-hybridized carbons (Fsp3) is 0. The van der Waals surface area contributed by atoms with Crippen LogP contribution in [0.2, 0.25) is 0 Å². The minimum Gasteiger partial charge on any atom is -0.436 e. The molecular weight excluding hydrogens is 214 g/mol. The summed E-state index contributed by atoms with van der Waals surface area (Å²) in [5.74, 6) is 5.93. The number of para-hydroxylation sites is 2. The molecule has 0 aliphatic rings. The van der Waals surface area contributed by atoms with Crippen molar-refractivity contribution in [3.8, 4) is 11.5 Å². The summed E-state index contributed by atoms with van der Waals surface area (Å²) in [6, 6.07) is 15.3. The molecule has 0 saturated heterocycles. The van der Waals surface area contributed by atoms with Crippen LogP contribution in [-0.2, 0) is 0 Å². The van der Waals surface area contributed by atoms with Crippen LogP contribution in [0.15, 0.2) is 52.9 Å². The van der Waals surface area contributed by atoms with Crippen LogP contribution in [0.4, 0.5) is 5.69 Å². The zero-order chi connectivity index (χ0) is 11.7. The van der Waals surface area contributed by atoms with Gasteiger partial charge in [0.05, 0.1) is 0 Å². The Morgan fingerprint density at radius 1 is 1.00 bits per heavy atom. The van der Waals surface area contributed by atoms with Gasteiger partial charge >= 0.3 is 0 Å². The minimum atomic E-state index is 0.620. The average molecular weight is 225 g/mol. The molecule has 0 amide bonds. The summed E-state index contributed by atoms with van der Waals surface area (Å²) in [5.41, 5.74) is 6.02. The smallest absolute Gasteiger partial charge is 0.227 e. The lowest BCUT2D eigenvalue weighted by Crippen LogP contribution is -2.05. The molecule has 0 fully saturated rings. The molecule has 3 aromatic rings. The van der Waals surface area contributed by atoms with Gasteiger partial charge in [0.15, 0.2) is 5.58 Å². The number of benzene rings is 2. The van der Waals surface area contributed by atoms with Crippen molar-refractivity contribution in [2.75, 3.05) is 5.43 Å². The molecule has 0 atom stereocenters. The molecule has 4 heteroatoms. The predicted molar refractivity (Wildman–Crippen MR) is 67.3 cm³/mol. The van der Waals surface area contributed by atoms with Crippen molar-refractivity contribution in [3.05, 3.63) is 48.5 Å². The summed E-state index contributed by atoms with van der Waals surface area (Å²) >= 11 is 0. The third kappa shape index (κ3) is 1.74. The first-order valence-electron chi connectivity index (χ1n) is 5.29. The van der Waals surface area contributed by atoms with Crippen molar-refractivity contribution < 1.29 is 4.42 Å². The average Bonchev–Trinajstić information content (AvgIpc) is 2.82. The molecule has 2 aromatic carbocycles. The SMILES string of the molecule is NNc1ccc(-c2nc3ccccc3o2)cc1. The molecular formula is C13H11N3O. The van der Waals surface area contributed by atoms with Crippen LogP contribution in [-0.4, -0.2) is 4.98 Å². The maximum absolute atomic E-state index is 5.66. The Morgan fingerprint density at radius 3 is 2.47 bits per heavy atom. The Bertz CT molecular complexity index is 610. The molecule has 0 spiro atoms. The van der Waals surface area contributed by atoms with E-state index in [1.807, 2.05) is 48.5 Å². The van der Waals surface area contributed by atoms with Crippen LogP contribution in [0.3, 0.4) is 0 Å². The number of nitrogens with one attached hydrogen (secondary N) is 1. The van der Waals surface area contributed by atoms with Crippen molar-refractivity contribution >= 4 is 16.8 Å². The highest BCUT2D eigenvalue weighted by Gasteiger charge is 2.06. The van der Waals surface area contributed by atoms with Gasteiger partial charge in [0.2, 0.25) is 5.89 Å². The molecule has 3 N–H and O–H groups in total. The standard InChI is InChI=1S/C13H11N3O/c14-16-10-7-5-9(6-8-10)13-15-11-3-1-2-4-12(11)17-13/h1-8,16H,14H2. The van der Waals surface area contributed by atoms with E-state index in [4.69, 9.17) is 10.3 Å². The molecule has 4 nitrogen and oxygen atoms in total. The second kappa shape index (κ2) is 3.92. The summed E-state index contributed by atoms with van der Waals surface area (Å²) in [6.45, 7) is 0. The van der Waals surface area contributed by atoms with Crippen molar-refractivity contribution in [1.82, 2.24) is 4.98 Å². The second-order valence-corrected chi connectivity index (χ2v) is 3.71. The number of nitrogens with zero attached hydrogens (tertiary/aromatic N) is 1. The van der Waals surface area contributed by atoms with Crippen LogP contribution < -0.4 is 11.3 Å². The van der Waals surface area contributed by atoms with Gasteiger partial charge in [-0.05, 0) is 36.4 Å². The molecule has 84 valence electrons. The summed E-state index contributed by atoms with van der Waals surface area (Å²) in [6.07, 6.45) is 0. The lowest BCUT2D eigenvalue weighted by atomic mass is 10.2. The van der Waals surface area contributed by atoms with Gasteiger partial charge in [0.1, 0.15) is 5.52 Å². The summed E-state index contributed by atoms with van der Waals surface area (Å²) < 4.78 is 5.66. The van der Waals surface area contributed by atoms with E-state index in [-0.39, 0.29) is 0 Å². The Labute approximate surface area is 98.0 Å². The van der Waals surface area contributed by atoms with Crippen molar-refractivity contribution in [3.63, 3.8) is 0 Å². The summed E-state index contributed by atoms with van der Waals surface area (Å²) in [4.78, 5) is 4.42. The number of nitrogen functional groups attached to an aromatic ring is 1. The maximum Gasteiger partial charge on any atom is 0.227 e. The van der Waals surface area contributed by atoms with Gasteiger partial charge in [0, 0.05) is 11.3 Å². The highest BCUT2D eigenvalue weighted by Crippen LogP contribution is 2.24. The van der Waals surface area contributed by atoms with E-state index < -0.39 is 0 Å². The Hall–Kier alpha value is -2.33. The van der Waals surface area contributed by atoms with E-state index in [0.29, 0.717) is 5.89 Å². The van der Waals surface area contributed by atoms with E-state index >= 15 is 0 Å². The topological polar surface area (TPSA) is 64.1 Å². The number of nitrogens with two attached hydrogens (primary N) is 1. The number of hydrazine groups is 1. The van der Waals surface area contributed by atoms with Gasteiger partial charge < -0.3 is 9.84 Å². The Kier molecular flexibility index (Phi) is 2.27. The quantitative estimate of drug-likeness (QED) is 0.520. The molecule has 1 aromatic heterocycles. The molecule has 0 unspecified atom stereocenters. The summed E-state index contributed by atoms with van der Waals surface area (Å²) in [7, 11) is 0. The first-order valence-corrected chi connectivity index (χ1v) is 5.29. The largest absolute Gasteiger partial charge is 0.436 e. The predicted octanol–water partition coefficient (Wildman–Crippen LogP) is 2.78. The van der Waals surface area contributed by atoms with Crippen LogP contribution in [0.5, 0.6) is 0 Å². The molecule has 0 radical (unpaired) electrons. The van der Waals surface area contributed by atoms with Crippen LogP contribution in [0, 0.1) is 0 Å². The molecule has 0 saturated carbocycles. The maximum atomic E-state index is 5.66. The van der Waals surface area contributed by atoms with Gasteiger partial charge in [-0.1, -0.05) is 12.1 Å². The first-order chi connectivity index (χ1) is 8.36. The summed E-state index contributed by atoms with van der Waals surface area (Å²) in [5, 5.41) is 0. The monoisotopic (exact) mass is 225 g/mol.